The van der Waals surface area contributed by atoms with E-state index in [0.717, 1.165) is 19.6 Å². The second-order valence-corrected chi connectivity index (χ2v) is 3.07. The number of hydrogen-bond acceptors (Lipinski definition) is 4. The highest BCUT2D eigenvalue weighted by Crippen LogP contribution is 2.17. The molecule has 12 heavy (non-hydrogen) atoms. The van der Waals surface area contributed by atoms with Crippen molar-refractivity contribution in [2.75, 3.05) is 26.7 Å². The van der Waals surface area contributed by atoms with Crippen molar-refractivity contribution in [2.24, 2.45) is 0 Å². The lowest BCUT2D eigenvalue weighted by Gasteiger charge is -2.43. The minimum atomic E-state index is -0.135. The van der Waals surface area contributed by atoms with Crippen LogP contribution in [0.4, 0.5) is 0 Å². The Morgan fingerprint density at radius 2 is 2.33 bits per heavy atom. The van der Waals surface area contributed by atoms with Crippen molar-refractivity contribution in [2.45, 2.75) is 6.04 Å². The molecule has 0 aromatic rings. The zero-order valence-corrected chi connectivity index (χ0v) is 7.06. The van der Waals surface area contributed by atoms with Gasteiger partial charge in [-0.2, -0.15) is 0 Å². The maximum Gasteiger partial charge on any atom is 0.330 e. The van der Waals surface area contributed by atoms with E-state index in [4.69, 9.17) is 4.74 Å². The van der Waals surface area contributed by atoms with E-state index >= 15 is 0 Å². The zero-order valence-electron chi connectivity index (χ0n) is 7.06. The van der Waals surface area contributed by atoms with Crippen molar-refractivity contribution in [1.82, 2.24) is 9.80 Å². The summed E-state index contributed by atoms with van der Waals surface area (Å²) >= 11 is 0. The van der Waals surface area contributed by atoms with Crippen molar-refractivity contribution in [3.63, 3.8) is 0 Å². The standard InChI is InChI=1S/C8H12N2O2/c1-12-8(11)7-6-9-2-4-10(7)5-3-9/h2,4,7H,3,5-6H2,1H3. The van der Waals surface area contributed by atoms with E-state index in [2.05, 4.69) is 4.90 Å². The van der Waals surface area contributed by atoms with Crippen LogP contribution < -0.4 is 0 Å². The number of methoxy groups -OCH3 is 1. The van der Waals surface area contributed by atoms with Gasteiger partial charge in [-0.05, 0) is 0 Å². The molecule has 3 heterocycles. The van der Waals surface area contributed by atoms with Crippen LogP contribution in [-0.4, -0.2) is 48.6 Å². The molecule has 1 atom stereocenters. The van der Waals surface area contributed by atoms with Gasteiger partial charge in [0.1, 0.15) is 6.04 Å². The van der Waals surface area contributed by atoms with Crippen molar-refractivity contribution < 1.29 is 9.53 Å². The Balaban J connectivity index is 2.11. The minimum Gasteiger partial charge on any atom is -0.467 e. The second-order valence-electron chi connectivity index (χ2n) is 3.07. The summed E-state index contributed by atoms with van der Waals surface area (Å²) in [7, 11) is 1.44. The Kier molecular flexibility index (Phi) is 1.67. The molecule has 66 valence electrons. The predicted octanol–water partition coefficient (Wildman–Crippen LogP) is -0.370. The molecule has 0 aromatic carbocycles. The summed E-state index contributed by atoms with van der Waals surface area (Å²) in [5.41, 5.74) is 0. The number of carbonyl (C=O) groups excluding carboxylic acids is 1. The van der Waals surface area contributed by atoms with Gasteiger partial charge in [-0.1, -0.05) is 0 Å². The smallest absolute Gasteiger partial charge is 0.330 e. The van der Waals surface area contributed by atoms with Gasteiger partial charge in [-0.3, -0.25) is 0 Å². The first-order valence-corrected chi connectivity index (χ1v) is 4.07. The van der Waals surface area contributed by atoms with Gasteiger partial charge in [0.15, 0.2) is 0 Å². The number of ether oxygens (including phenoxy) is 1. The molecule has 0 amide bonds. The highest BCUT2D eigenvalue weighted by molar-refractivity contribution is 5.76. The Morgan fingerprint density at radius 1 is 1.50 bits per heavy atom. The first kappa shape index (κ1) is 7.46. The quantitative estimate of drug-likeness (QED) is 0.500. The summed E-state index contributed by atoms with van der Waals surface area (Å²) in [6.07, 6.45) is 3.97. The van der Waals surface area contributed by atoms with E-state index < -0.39 is 0 Å². The van der Waals surface area contributed by atoms with Gasteiger partial charge >= 0.3 is 5.97 Å². The Morgan fingerprint density at radius 3 is 2.75 bits per heavy atom. The molecule has 4 nitrogen and oxygen atoms in total. The van der Waals surface area contributed by atoms with Crippen LogP contribution in [0.1, 0.15) is 0 Å². The molecule has 1 fully saturated rings. The van der Waals surface area contributed by atoms with E-state index in [1.807, 2.05) is 17.3 Å². The number of piperazine rings is 1. The fourth-order valence-corrected chi connectivity index (χ4v) is 1.66. The molecule has 1 unspecified atom stereocenters. The van der Waals surface area contributed by atoms with E-state index in [-0.39, 0.29) is 12.0 Å². The molecule has 0 aromatic heterocycles. The van der Waals surface area contributed by atoms with E-state index in [0.29, 0.717) is 0 Å². The molecule has 2 bridgehead atoms. The third-order valence-corrected chi connectivity index (χ3v) is 2.40. The Labute approximate surface area is 71.4 Å². The third-order valence-electron chi connectivity index (χ3n) is 2.40. The molecule has 0 saturated carbocycles. The summed E-state index contributed by atoms with van der Waals surface area (Å²) in [6.45, 7) is 2.71. The number of fused-ring (bicyclic) bond motifs is 2. The van der Waals surface area contributed by atoms with Crippen LogP contribution >= 0.6 is 0 Å². The number of hydrogen-bond donors (Lipinski definition) is 0. The van der Waals surface area contributed by atoms with Gasteiger partial charge in [-0.15, -0.1) is 0 Å². The first-order valence-electron chi connectivity index (χ1n) is 4.07. The van der Waals surface area contributed by atoms with Crippen LogP contribution in [0.3, 0.4) is 0 Å². The monoisotopic (exact) mass is 168 g/mol. The topological polar surface area (TPSA) is 32.8 Å². The minimum absolute atomic E-state index is 0.0891. The van der Waals surface area contributed by atoms with E-state index in [1.54, 1.807) is 0 Å². The Bertz CT molecular complexity index is 227. The summed E-state index contributed by atoms with van der Waals surface area (Å²) in [6, 6.07) is -0.0891. The van der Waals surface area contributed by atoms with Crippen LogP contribution in [0.15, 0.2) is 12.4 Å². The average Bonchev–Trinajstić information content (AvgIpc) is 2.18. The molecular weight excluding hydrogens is 156 g/mol. The lowest BCUT2D eigenvalue weighted by molar-refractivity contribution is -0.148. The molecule has 3 rings (SSSR count). The molecule has 3 aliphatic heterocycles. The molecule has 3 aliphatic rings. The summed E-state index contributed by atoms with van der Waals surface area (Å²) in [4.78, 5) is 15.4. The van der Waals surface area contributed by atoms with E-state index in [1.165, 1.54) is 7.11 Å². The van der Waals surface area contributed by atoms with E-state index in [9.17, 15) is 4.79 Å². The molecule has 0 N–H and O–H groups in total. The molecular formula is C8H12N2O2. The maximum atomic E-state index is 11.2. The highest BCUT2D eigenvalue weighted by Gasteiger charge is 2.32. The summed E-state index contributed by atoms with van der Waals surface area (Å²) < 4.78 is 4.70. The molecule has 0 radical (unpaired) electrons. The van der Waals surface area contributed by atoms with Gasteiger partial charge in [0.25, 0.3) is 0 Å². The van der Waals surface area contributed by atoms with Gasteiger partial charge in [-0.25, -0.2) is 4.79 Å². The first-order chi connectivity index (χ1) is 5.81. The largest absolute Gasteiger partial charge is 0.467 e. The lowest BCUT2D eigenvalue weighted by Crippen LogP contribution is -2.56. The fourth-order valence-electron chi connectivity index (χ4n) is 1.66. The lowest BCUT2D eigenvalue weighted by atomic mass is 10.1. The van der Waals surface area contributed by atoms with Crippen LogP contribution in [0.2, 0.25) is 0 Å². The van der Waals surface area contributed by atoms with Crippen molar-refractivity contribution in [3.05, 3.63) is 12.4 Å². The number of rotatable bonds is 1. The SMILES string of the molecule is COC(=O)C1CN2C=CN1CC2. The van der Waals surface area contributed by atoms with Crippen molar-refractivity contribution in [3.8, 4) is 0 Å². The molecule has 4 heteroatoms. The van der Waals surface area contributed by atoms with Gasteiger partial charge in [0.2, 0.25) is 0 Å². The van der Waals surface area contributed by atoms with Crippen LogP contribution in [0.25, 0.3) is 0 Å². The number of nitrogens with zero attached hydrogens (tertiary/aromatic N) is 2. The summed E-state index contributed by atoms with van der Waals surface area (Å²) in [5, 5.41) is 0. The number of carbonyl (C=O) groups is 1. The number of esters is 1. The molecule has 0 spiro atoms. The molecule has 1 saturated heterocycles. The van der Waals surface area contributed by atoms with Gasteiger partial charge < -0.3 is 14.5 Å². The highest BCUT2D eigenvalue weighted by atomic mass is 16.5. The predicted molar refractivity (Wildman–Crippen MR) is 43.2 cm³/mol. The van der Waals surface area contributed by atoms with Crippen LogP contribution in [0, 0.1) is 0 Å². The third kappa shape index (κ3) is 1.03. The van der Waals surface area contributed by atoms with Crippen molar-refractivity contribution >= 4 is 5.97 Å². The average molecular weight is 168 g/mol. The Hall–Kier alpha value is -1.19. The normalized spacial score (nSPS) is 26.2. The van der Waals surface area contributed by atoms with Crippen molar-refractivity contribution in [1.29, 1.82) is 0 Å². The summed E-state index contributed by atoms with van der Waals surface area (Å²) in [5.74, 6) is -0.135. The zero-order chi connectivity index (χ0) is 8.55. The van der Waals surface area contributed by atoms with Crippen LogP contribution in [0.5, 0.6) is 0 Å². The second kappa shape index (κ2) is 2.69. The van der Waals surface area contributed by atoms with Gasteiger partial charge in [0, 0.05) is 32.0 Å². The maximum absolute atomic E-state index is 11.2. The fraction of sp³-hybridized carbons (Fsp3) is 0.625. The van der Waals surface area contributed by atoms with Gasteiger partial charge in [0.05, 0.1) is 7.11 Å². The molecule has 0 aliphatic carbocycles. The van der Waals surface area contributed by atoms with Crippen LogP contribution in [-0.2, 0) is 9.53 Å².